The Morgan fingerprint density at radius 2 is 2.00 bits per heavy atom. The largest absolute Gasteiger partial charge is 0.489 e. The van der Waals surface area contributed by atoms with Crippen LogP contribution in [0, 0.1) is 0 Å². The molecule has 0 aromatic carbocycles. The summed E-state index contributed by atoms with van der Waals surface area (Å²) in [6.07, 6.45) is 3.08. The van der Waals surface area contributed by atoms with Crippen molar-refractivity contribution in [1.82, 2.24) is 0 Å². The van der Waals surface area contributed by atoms with Gasteiger partial charge in [-0.05, 0) is 19.1 Å². The van der Waals surface area contributed by atoms with Gasteiger partial charge in [-0.15, -0.1) is 0 Å². The molecular weight excluding hydrogens is 166 g/mol. The fourth-order valence-electron chi connectivity index (χ4n) is 0.716. The fraction of sp³-hybridized carbons (Fsp3) is 0.400. The van der Waals surface area contributed by atoms with E-state index in [2.05, 4.69) is 13.2 Å². The average molecular weight is 183 g/mol. The summed E-state index contributed by atoms with van der Waals surface area (Å²) in [5.41, 5.74) is 6.06. The number of rotatable bonds is 7. The van der Waals surface area contributed by atoms with E-state index in [-0.39, 0.29) is 0 Å². The van der Waals surface area contributed by atoms with Crippen molar-refractivity contribution in [3.63, 3.8) is 0 Å². The van der Waals surface area contributed by atoms with Gasteiger partial charge in [0.15, 0.2) is 0 Å². The molecule has 0 aliphatic heterocycles. The Morgan fingerprint density at radius 3 is 2.46 bits per heavy atom. The minimum Gasteiger partial charge on any atom is -0.489 e. The molecule has 0 saturated heterocycles. The lowest BCUT2D eigenvalue weighted by atomic mass is 10.3. The van der Waals surface area contributed by atoms with Crippen molar-refractivity contribution in [1.29, 1.82) is 0 Å². The van der Waals surface area contributed by atoms with Crippen LogP contribution in [-0.2, 0) is 9.47 Å². The van der Waals surface area contributed by atoms with Gasteiger partial charge in [0.05, 0.1) is 12.3 Å². The van der Waals surface area contributed by atoms with Gasteiger partial charge < -0.3 is 15.2 Å². The molecule has 0 unspecified atom stereocenters. The van der Waals surface area contributed by atoms with Crippen molar-refractivity contribution in [2.75, 3.05) is 19.8 Å². The molecule has 74 valence electrons. The highest BCUT2D eigenvalue weighted by Crippen LogP contribution is 2.03. The van der Waals surface area contributed by atoms with E-state index in [0.717, 1.165) is 0 Å². The van der Waals surface area contributed by atoms with E-state index in [0.29, 0.717) is 31.3 Å². The first-order valence-corrected chi connectivity index (χ1v) is 4.21. The standard InChI is InChI=1S/C10H17NO2/c1-4-9(11)10(5-2)13-8-7-12-6-3/h4-5H,1-2,6-8,11H2,3H3/b10-9-. The molecule has 0 radical (unpaired) electrons. The third-order valence-corrected chi connectivity index (χ3v) is 1.38. The number of ether oxygens (including phenoxy) is 2. The van der Waals surface area contributed by atoms with E-state index in [1.807, 2.05) is 6.92 Å². The number of allylic oxidation sites excluding steroid dienone is 2. The first-order chi connectivity index (χ1) is 6.26. The van der Waals surface area contributed by atoms with Gasteiger partial charge in [0.25, 0.3) is 0 Å². The summed E-state index contributed by atoms with van der Waals surface area (Å²) in [7, 11) is 0. The Bertz CT molecular complexity index is 197. The molecule has 0 aromatic heterocycles. The third-order valence-electron chi connectivity index (χ3n) is 1.38. The molecule has 0 fully saturated rings. The van der Waals surface area contributed by atoms with Crippen molar-refractivity contribution < 1.29 is 9.47 Å². The predicted molar refractivity (Wildman–Crippen MR) is 54.1 cm³/mol. The quantitative estimate of drug-likeness (QED) is 0.370. The van der Waals surface area contributed by atoms with Gasteiger partial charge in [-0.1, -0.05) is 13.2 Å². The zero-order chi connectivity index (χ0) is 10.1. The van der Waals surface area contributed by atoms with Crippen molar-refractivity contribution in [2.24, 2.45) is 5.73 Å². The maximum Gasteiger partial charge on any atom is 0.141 e. The summed E-state index contributed by atoms with van der Waals surface area (Å²) in [6.45, 7) is 10.8. The topological polar surface area (TPSA) is 44.5 Å². The number of hydrogen-bond donors (Lipinski definition) is 1. The van der Waals surface area contributed by atoms with Crippen LogP contribution in [0.2, 0.25) is 0 Å². The SMILES string of the molecule is C=C/C(N)=C(\C=C)OCCOCC. The first kappa shape index (κ1) is 11.8. The van der Waals surface area contributed by atoms with Crippen LogP contribution in [0.1, 0.15) is 6.92 Å². The Morgan fingerprint density at radius 1 is 1.31 bits per heavy atom. The smallest absolute Gasteiger partial charge is 0.141 e. The molecule has 0 spiro atoms. The minimum absolute atomic E-state index is 0.476. The molecule has 0 amide bonds. The monoisotopic (exact) mass is 183 g/mol. The van der Waals surface area contributed by atoms with Crippen LogP contribution in [-0.4, -0.2) is 19.8 Å². The van der Waals surface area contributed by atoms with Crippen molar-refractivity contribution in [3.05, 3.63) is 36.8 Å². The summed E-state index contributed by atoms with van der Waals surface area (Å²) in [6, 6.07) is 0. The van der Waals surface area contributed by atoms with Gasteiger partial charge in [-0.3, -0.25) is 0 Å². The second-order valence-electron chi connectivity index (χ2n) is 2.27. The van der Waals surface area contributed by atoms with Crippen LogP contribution >= 0.6 is 0 Å². The zero-order valence-corrected chi connectivity index (χ0v) is 8.08. The molecular formula is C10H17NO2. The average Bonchev–Trinajstić information content (AvgIpc) is 2.17. The lowest BCUT2D eigenvalue weighted by molar-refractivity contribution is 0.0859. The molecule has 0 heterocycles. The van der Waals surface area contributed by atoms with Gasteiger partial charge in [0.2, 0.25) is 0 Å². The second-order valence-corrected chi connectivity index (χ2v) is 2.27. The van der Waals surface area contributed by atoms with E-state index in [4.69, 9.17) is 15.2 Å². The normalized spacial score (nSPS) is 11.8. The summed E-state index contributed by atoms with van der Waals surface area (Å²) < 4.78 is 10.4. The second kappa shape index (κ2) is 7.43. The molecule has 0 atom stereocenters. The molecule has 0 aromatic rings. The van der Waals surface area contributed by atoms with Crippen LogP contribution < -0.4 is 5.73 Å². The fourth-order valence-corrected chi connectivity index (χ4v) is 0.716. The molecule has 0 rings (SSSR count). The molecule has 13 heavy (non-hydrogen) atoms. The number of nitrogens with two attached hydrogens (primary N) is 1. The third kappa shape index (κ3) is 5.09. The maximum atomic E-state index is 5.57. The van der Waals surface area contributed by atoms with Crippen LogP contribution in [0.15, 0.2) is 36.8 Å². The van der Waals surface area contributed by atoms with E-state index < -0.39 is 0 Å². The Kier molecular flexibility index (Phi) is 6.73. The lowest BCUT2D eigenvalue weighted by Crippen LogP contribution is -2.07. The van der Waals surface area contributed by atoms with E-state index >= 15 is 0 Å². The Balaban J connectivity index is 3.86. The molecule has 3 nitrogen and oxygen atoms in total. The Labute approximate surface area is 79.5 Å². The van der Waals surface area contributed by atoms with Crippen LogP contribution in [0.5, 0.6) is 0 Å². The van der Waals surface area contributed by atoms with Crippen LogP contribution in [0.4, 0.5) is 0 Å². The number of hydrogen-bond acceptors (Lipinski definition) is 3. The molecule has 0 aliphatic carbocycles. The van der Waals surface area contributed by atoms with Crippen molar-refractivity contribution in [3.8, 4) is 0 Å². The Hall–Kier alpha value is -1.22. The summed E-state index contributed by atoms with van der Waals surface area (Å²) in [5, 5.41) is 0. The first-order valence-electron chi connectivity index (χ1n) is 4.21. The van der Waals surface area contributed by atoms with Crippen molar-refractivity contribution in [2.45, 2.75) is 6.92 Å². The van der Waals surface area contributed by atoms with E-state index in [9.17, 15) is 0 Å². The van der Waals surface area contributed by atoms with Gasteiger partial charge in [-0.25, -0.2) is 0 Å². The van der Waals surface area contributed by atoms with E-state index in [1.54, 1.807) is 6.08 Å². The van der Waals surface area contributed by atoms with Crippen LogP contribution in [0.3, 0.4) is 0 Å². The zero-order valence-electron chi connectivity index (χ0n) is 8.08. The predicted octanol–water partition coefficient (Wildman–Crippen LogP) is 1.58. The molecule has 3 heteroatoms. The highest BCUT2D eigenvalue weighted by Gasteiger charge is 1.96. The van der Waals surface area contributed by atoms with E-state index in [1.165, 1.54) is 6.08 Å². The van der Waals surface area contributed by atoms with Gasteiger partial charge >= 0.3 is 0 Å². The highest BCUT2D eigenvalue weighted by atomic mass is 16.5. The summed E-state index contributed by atoms with van der Waals surface area (Å²) in [5.74, 6) is 0.551. The highest BCUT2D eigenvalue weighted by molar-refractivity contribution is 5.23. The molecule has 0 saturated carbocycles. The summed E-state index contributed by atoms with van der Waals surface area (Å²) in [4.78, 5) is 0. The van der Waals surface area contributed by atoms with Gasteiger partial charge in [-0.2, -0.15) is 0 Å². The summed E-state index contributed by atoms with van der Waals surface area (Å²) >= 11 is 0. The van der Waals surface area contributed by atoms with Gasteiger partial charge in [0, 0.05) is 6.61 Å². The van der Waals surface area contributed by atoms with Crippen molar-refractivity contribution >= 4 is 0 Å². The molecule has 0 aliphatic rings. The lowest BCUT2D eigenvalue weighted by Gasteiger charge is -2.08. The minimum atomic E-state index is 0.476. The van der Waals surface area contributed by atoms with Crippen LogP contribution in [0.25, 0.3) is 0 Å². The maximum absolute atomic E-state index is 5.57. The molecule has 0 bridgehead atoms. The van der Waals surface area contributed by atoms with Gasteiger partial charge in [0.1, 0.15) is 12.4 Å². The molecule has 2 N–H and O–H groups in total.